The third kappa shape index (κ3) is 2.81. The van der Waals surface area contributed by atoms with E-state index in [1.165, 1.54) is 21.9 Å². The summed E-state index contributed by atoms with van der Waals surface area (Å²) in [6.45, 7) is 4.34. The summed E-state index contributed by atoms with van der Waals surface area (Å²) < 4.78 is 0. The summed E-state index contributed by atoms with van der Waals surface area (Å²) in [5.74, 6) is 0. The first-order valence-electron chi connectivity index (χ1n) is 4.28. The van der Waals surface area contributed by atoms with E-state index in [1.807, 2.05) is 0 Å². The molecule has 14 heavy (non-hydrogen) atoms. The average Bonchev–Trinajstić information content (AvgIpc) is 2.45. The van der Waals surface area contributed by atoms with Crippen molar-refractivity contribution in [2.45, 2.75) is 13.8 Å². The van der Waals surface area contributed by atoms with Gasteiger partial charge in [-0.05, 0) is 0 Å². The number of rotatable bonds is 0. The average molecular weight is 262 g/mol. The molecule has 0 atom stereocenters. The number of fused-ring (bicyclic) bond motifs is 1. The van der Waals surface area contributed by atoms with Gasteiger partial charge in [-0.3, -0.25) is 0 Å². The van der Waals surface area contributed by atoms with Crippen molar-refractivity contribution in [3.8, 4) is 0 Å². The Morgan fingerprint density at radius 2 is 1.71 bits per heavy atom. The van der Waals surface area contributed by atoms with E-state index in [2.05, 4.69) is 44.2 Å². The molecule has 2 rings (SSSR count). The number of hydrogen-bond donors (Lipinski definition) is 0. The van der Waals surface area contributed by atoms with E-state index in [1.54, 1.807) is 0 Å². The molecule has 0 unspecified atom stereocenters. The van der Waals surface area contributed by atoms with E-state index >= 15 is 0 Å². The fourth-order valence-electron chi connectivity index (χ4n) is 1.52. The van der Waals surface area contributed by atoms with Crippen LogP contribution in [0.3, 0.4) is 0 Å². The Hall–Kier alpha value is 0.124. The van der Waals surface area contributed by atoms with Gasteiger partial charge in [-0.15, -0.1) is 40.6 Å². The van der Waals surface area contributed by atoms with Crippen LogP contribution < -0.4 is 0 Å². The topological polar surface area (TPSA) is 0 Å². The Kier molecular flexibility index (Phi) is 5.12. The number of hydrogen-bond acceptors (Lipinski definition) is 0. The fourth-order valence-corrected chi connectivity index (χ4v) is 1.52. The minimum atomic E-state index is -0.556. The first-order valence-corrected chi connectivity index (χ1v) is 8.58. The van der Waals surface area contributed by atoms with Crippen molar-refractivity contribution < 1.29 is 17.0 Å². The predicted molar refractivity (Wildman–Crippen MR) is 60.7 cm³/mol. The van der Waals surface area contributed by atoms with E-state index in [-0.39, 0.29) is 0 Å². The summed E-state index contributed by atoms with van der Waals surface area (Å²) in [5, 5.41) is 2.76. The van der Waals surface area contributed by atoms with E-state index in [9.17, 15) is 0 Å². The molecule has 0 bridgehead atoms. The number of aryl methyl sites for hydroxylation is 2. The summed E-state index contributed by atoms with van der Waals surface area (Å²) in [6, 6.07) is 10.8. The summed E-state index contributed by atoms with van der Waals surface area (Å²) >= 11 is -0.556. The van der Waals surface area contributed by atoms with Crippen LogP contribution in [0.5, 0.6) is 0 Å². The van der Waals surface area contributed by atoms with Crippen LogP contribution in [-0.4, -0.2) is 0 Å². The second-order valence-corrected chi connectivity index (χ2v) is 5.69. The molecule has 74 valence electrons. The van der Waals surface area contributed by atoms with Crippen LogP contribution in [0.15, 0.2) is 30.3 Å². The van der Waals surface area contributed by atoms with Gasteiger partial charge in [0.1, 0.15) is 0 Å². The fraction of sp³-hybridized carbons (Fsp3) is 0.182. The Morgan fingerprint density at radius 1 is 1.14 bits per heavy atom. The van der Waals surface area contributed by atoms with Crippen LogP contribution in [0.4, 0.5) is 0 Å². The Morgan fingerprint density at radius 3 is 2.29 bits per heavy atom. The molecule has 0 nitrogen and oxygen atoms in total. The van der Waals surface area contributed by atoms with Gasteiger partial charge >= 0.3 is 35.6 Å². The molecule has 0 aromatic heterocycles. The van der Waals surface area contributed by atoms with Gasteiger partial charge < -0.3 is 0 Å². The zero-order chi connectivity index (χ0) is 10.6. The monoisotopic (exact) mass is 261 g/mol. The second kappa shape index (κ2) is 5.87. The SMILES string of the molecule is Cc1[cH-]c2ccccc2c1C.[Cl][Ti][Cl]. The molecule has 0 saturated carbocycles. The minimum absolute atomic E-state index is 0.556. The first-order chi connectivity index (χ1) is 6.70. The van der Waals surface area contributed by atoms with Crippen molar-refractivity contribution in [2.24, 2.45) is 0 Å². The second-order valence-electron chi connectivity index (χ2n) is 3.11. The van der Waals surface area contributed by atoms with Crippen molar-refractivity contribution in [1.29, 1.82) is 0 Å². The maximum absolute atomic E-state index is 4.89. The van der Waals surface area contributed by atoms with Gasteiger partial charge in [0.15, 0.2) is 0 Å². The van der Waals surface area contributed by atoms with Crippen LogP contribution in [0, 0.1) is 13.8 Å². The molecule has 0 N–H and O–H groups in total. The number of halogens is 2. The van der Waals surface area contributed by atoms with Gasteiger partial charge in [0.25, 0.3) is 0 Å². The van der Waals surface area contributed by atoms with Crippen molar-refractivity contribution in [2.75, 3.05) is 0 Å². The predicted octanol–water partition coefficient (Wildman–Crippen LogP) is 4.55. The van der Waals surface area contributed by atoms with Crippen molar-refractivity contribution >= 4 is 29.4 Å². The van der Waals surface area contributed by atoms with E-state index in [0.717, 1.165) is 0 Å². The van der Waals surface area contributed by atoms with Gasteiger partial charge in [0, 0.05) is 0 Å². The van der Waals surface area contributed by atoms with E-state index in [0.29, 0.717) is 0 Å². The van der Waals surface area contributed by atoms with Crippen molar-refractivity contribution in [3.05, 3.63) is 41.5 Å². The van der Waals surface area contributed by atoms with Crippen LogP contribution in [0.2, 0.25) is 0 Å². The van der Waals surface area contributed by atoms with Gasteiger partial charge in [-0.25, -0.2) is 0 Å². The molecule has 0 aliphatic heterocycles. The van der Waals surface area contributed by atoms with Crippen molar-refractivity contribution in [3.63, 3.8) is 0 Å². The van der Waals surface area contributed by atoms with Crippen molar-refractivity contribution in [1.82, 2.24) is 0 Å². The molecular formula is C11H11Cl2Ti-. The third-order valence-electron chi connectivity index (χ3n) is 2.33. The maximum atomic E-state index is 4.89. The number of benzene rings is 1. The molecule has 0 fully saturated rings. The zero-order valence-electron chi connectivity index (χ0n) is 8.14. The summed E-state index contributed by atoms with van der Waals surface area (Å²) in [7, 11) is 9.78. The molecule has 2 aromatic rings. The van der Waals surface area contributed by atoms with Crippen LogP contribution >= 0.6 is 18.6 Å². The molecular weight excluding hydrogens is 251 g/mol. The summed E-state index contributed by atoms with van der Waals surface area (Å²) in [6.07, 6.45) is 0. The van der Waals surface area contributed by atoms with Gasteiger partial charge in [-0.1, -0.05) is 19.9 Å². The Balaban J connectivity index is 0.000000293. The summed E-state index contributed by atoms with van der Waals surface area (Å²) in [4.78, 5) is 0. The third-order valence-corrected chi connectivity index (χ3v) is 2.33. The van der Waals surface area contributed by atoms with E-state index in [4.69, 9.17) is 18.6 Å². The van der Waals surface area contributed by atoms with Gasteiger partial charge in [0.2, 0.25) is 0 Å². The summed E-state index contributed by atoms with van der Waals surface area (Å²) in [5.41, 5.74) is 2.81. The zero-order valence-corrected chi connectivity index (χ0v) is 11.2. The molecule has 0 radical (unpaired) electrons. The van der Waals surface area contributed by atoms with Gasteiger partial charge in [-0.2, -0.15) is 5.56 Å². The van der Waals surface area contributed by atoms with Crippen LogP contribution in [0.1, 0.15) is 11.1 Å². The molecule has 0 heterocycles. The normalized spacial score (nSPS) is 9.43. The Labute approximate surface area is 101 Å². The van der Waals surface area contributed by atoms with Gasteiger partial charge in [0.05, 0.1) is 0 Å². The molecule has 3 heteroatoms. The molecule has 0 saturated heterocycles. The van der Waals surface area contributed by atoms with Crippen LogP contribution in [0.25, 0.3) is 10.8 Å². The first kappa shape index (κ1) is 12.2. The molecule has 0 aliphatic rings. The standard InChI is InChI=1S/C11H11.2ClH.Ti/c1-8-7-10-5-3-4-6-11(10)9(8)2;;;/h3-7H,1-2H3;2*1H;/q-1;;;+2/p-2. The quantitative estimate of drug-likeness (QED) is 0.482. The molecule has 2 aromatic carbocycles. The van der Waals surface area contributed by atoms with E-state index < -0.39 is 17.0 Å². The Bertz CT molecular complexity index is 407. The molecule has 0 aliphatic carbocycles. The molecule has 0 spiro atoms. The molecule has 0 amide bonds. The van der Waals surface area contributed by atoms with Crippen LogP contribution in [-0.2, 0) is 17.0 Å².